The van der Waals surface area contributed by atoms with Gasteiger partial charge in [0, 0.05) is 19.2 Å². The summed E-state index contributed by atoms with van der Waals surface area (Å²) in [5.74, 6) is -1.43. The molecule has 0 aromatic heterocycles. The van der Waals surface area contributed by atoms with Gasteiger partial charge in [-0.3, -0.25) is 4.79 Å². The molecule has 0 spiro atoms. The number of nitrogens with zero attached hydrogens (tertiary/aromatic N) is 1. The van der Waals surface area contributed by atoms with Crippen molar-refractivity contribution < 1.29 is 18.7 Å². The third kappa shape index (κ3) is 3.33. The van der Waals surface area contributed by atoms with Gasteiger partial charge in [0.25, 0.3) is 5.91 Å². The second-order valence-electron chi connectivity index (χ2n) is 5.79. The van der Waals surface area contributed by atoms with Crippen LogP contribution in [0.15, 0.2) is 42.5 Å². The Hall–Kier alpha value is -2.43. The lowest BCUT2D eigenvalue weighted by molar-refractivity contribution is 0.0708. The number of piperidine rings is 1. The lowest BCUT2D eigenvalue weighted by Gasteiger charge is -2.32. The van der Waals surface area contributed by atoms with Gasteiger partial charge in [0.2, 0.25) is 0 Å². The van der Waals surface area contributed by atoms with Gasteiger partial charge >= 0.3 is 0 Å². The van der Waals surface area contributed by atoms with Gasteiger partial charge in [-0.2, -0.15) is 0 Å². The molecular weight excluding hydrogens is 300 g/mol. The van der Waals surface area contributed by atoms with Crippen LogP contribution >= 0.6 is 0 Å². The molecule has 1 N–H and O–H groups in total. The minimum atomic E-state index is -0.829. The number of likely N-dealkylation sites (tertiary alicyclic amines) is 1. The van der Waals surface area contributed by atoms with Crippen molar-refractivity contribution in [3.05, 3.63) is 65.2 Å². The molecular formula is C18H17F2NO2. The number of hydrogen-bond donors (Lipinski definition) is 1. The molecule has 2 aromatic rings. The molecule has 5 heteroatoms. The number of carbonyl (C=O) groups excluding carboxylic acids is 1. The quantitative estimate of drug-likeness (QED) is 0.917. The van der Waals surface area contributed by atoms with E-state index >= 15 is 0 Å². The van der Waals surface area contributed by atoms with Gasteiger partial charge < -0.3 is 10.0 Å². The first-order valence-electron chi connectivity index (χ1n) is 7.58. The maximum absolute atomic E-state index is 13.7. The number of hydrogen-bond acceptors (Lipinski definition) is 2. The normalized spacial score (nSPS) is 15.7. The van der Waals surface area contributed by atoms with Crippen LogP contribution in [0.2, 0.25) is 0 Å². The number of amides is 1. The fourth-order valence-corrected chi connectivity index (χ4v) is 3.03. The van der Waals surface area contributed by atoms with E-state index in [0.29, 0.717) is 13.1 Å². The highest BCUT2D eigenvalue weighted by Gasteiger charge is 2.26. The van der Waals surface area contributed by atoms with Crippen LogP contribution in [-0.2, 0) is 0 Å². The summed E-state index contributed by atoms with van der Waals surface area (Å²) >= 11 is 0. The Morgan fingerprint density at radius 1 is 1.09 bits per heavy atom. The van der Waals surface area contributed by atoms with Crippen molar-refractivity contribution in [1.29, 1.82) is 0 Å². The van der Waals surface area contributed by atoms with E-state index in [2.05, 4.69) is 0 Å². The van der Waals surface area contributed by atoms with E-state index in [1.54, 1.807) is 23.1 Å². The van der Waals surface area contributed by atoms with Gasteiger partial charge in [0.15, 0.2) is 0 Å². The van der Waals surface area contributed by atoms with E-state index in [4.69, 9.17) is 0 Å². The predicted octanol–water partition coefficient (Wildman–Crippen LogP) is 3.69. The number of aromatic hydroxyl groups is 1. The van der Waals surface area contributed by atoms with Gasteiger partial charge in [0.05, 0.1) is 5.56 Å². The van der Waals surface area contributed by atoms with Crippen LogP contribution in [0.25, 0.3) is 0 Å². The van der Waals surface area contributed by atoms with Crippen LogP contribution in [0.1, 0.15) is 34.7 Å². The molecule has 1 aliphatic rings. The Balaban J connectivity index is 1.68. The topological polar surface area (TPSA) is 40.5 Å². The molecule has 0 atom stereocenters. The highest BCUT2D eigenvalue weighted by molar-refractivity contribution is 5.94. The Bertz CT molecular complexity index is 725. The maximum atomic E-state index is 13.7. The lowest BCUT2D eigenvalue weighted by atomic mass is 9.89. The van der Waals surface area contributed by atoms with Crippen LogP contribution in [0, 0.1) is 11.6 Å². The Morgan fingerprint density at radius 3 is 2.48 bits per heavy atom. The van der Waals surface area contributed by atoms with Gasteiger partial charge in [-0.1, -0.05) is 12.1 Å². The number of halogens is 2. The van der Waals surface area contributed by atoms with E-state index in [9.17, 15) is 18.7 Å². The van der Waals surface area contributed by atoms with Gasteiger partial charge in [-0.25, -0.2) is 8.78 Å². The molecule has 0 unspecified atom stereocenters. The number of benzene rings is 2. The summed E-state index contributed by atoms with van der Waals surface area (Å²) in [5, 5.41) is 9.55. The first kappa shape index (κ1) is 15.5. The van der Waals surface area contributed by atoms with E-state index < -0.39 is 17.5 Å². The van der Waals surface area contributed by atoms with Crippen molar-refractivity contribution in [3.63, 3.8) is 0 Å². The smallest absolute Gasteiger partial charge is 0.256 e. The van der Waals surface area contributed by atoms with Gasteiger partial charge in [-0.05, 0) is 48.6 Å². The average Bonchev–Trinajstić information content (AvgIpc) is 2.54. The van der Waals surface area contributed by atoms with Gasteiger partial charge in [0.1, 0.15) is 17.4 Å². The minimum absolute atomic E-state index is 0.0952. The molecule has 1 saturated heterocycles. The third-order valence-electron chi connectivity index (χ3n) is 4.29. The van der Waals surface area contributed by atoms with Crippen LogP contribution in [0.3, 0.4) is 0 Å². The zero-order chi connectivity index (χ0) is 16.4. The van der Waals surface area contributed by atoms with Crippen molar-refractivity contribution in [2.24, 2.45) is 0 Å². The summed E-state index contributed by atoms with van der Waals surface area (Å²) < 4.78 is 26.7. The van der Waals surface area contributed by atoms with Crippen molar-refractivity contribution in [3.8, 4) is 5.75 Å². The summed E-state index contributed by atoms with van der Waals surface area (Å²) in [5.41, 5.74) is 0.951. The number of rotatable bonds is 2. The van der Waals surface area contributed by atoms with Crippen molar-refractivity contribution in [2.75, 3.05) is 13.1 Å². The second-order valence-corrected chi connectivity index (χ2v) is 5.79. The average molecular weight is 317 g/mol. The monoisotopic (exact) mass is 317 g/mol. The van der Waals surface area contributed by atoms with Crippen molar-refractivity contribution >= 4 is 5.91 Å². The van der Waals surface area contributed by atoms with Crippen molar-refractivity contribution in [2.45, 2.75) is 18.8 Å². The zero-order valence-electron chi connectivity index (χ0n) is 12.5. The molecule has 0 radical (unpaired) electrons. The molecule has 1 fully saturated rings. The largest absolute Gasteiger partial charge is 0.508 e. The molecule has 1 heterocycles. The number of phenolic OH excluding ortho intramolecular Hbond substituents is 1. The Labute approximate surface area is 133 Å². The van der Waals surface area contributed by atoms with E-state index in [-0.39, 0.29) is 17.2 Å². The predicted molar refractivity (Wildman–Crippen MR) is 82.3 cm³/mol. The van der Waals surface area contributed by atoms with E-state index in [0.717, 1.165) is 30.5 Å². The molecule has 0 aliphatic carbocycles. The fraction of sp³-hybridized carbons (Fsp3) is 0.278. The maximum Gasteiger partial charge on any atom is 0.256 e. The molecule has 3 nitrogen and oxygen atoms in total. The first-order chi connectivity index (χ1) is 11.0. The van der Waals surface area contributed by atoms with Crippen LogP contribution < -0.4 is 0 Å². The Kier molecular flexibility index (Phi) is 4.28. The van der Waals surface area contributed by atoms with Crippen LogP contribution in [0.4, 0.5) is 8.78 Å². The molecule has 0 bridgehead atoms. The highest BCUT2D eigenvalue weighted by atomic mass is 19.1. The van der Waals surface area contributed by atoms with Gasteiger partial charge in [-0.15, -0.1) is 0 Å². The lowest BCUT2D eigenvalue weighted by Crippen LogP contribution is -2.38. The first-order valence-corrected chi connectivity index (χ1v) is 7.58. The third-order valence-corrected chi connectivity index (χ3v) is 4.29. The summed E-state index contributed by atoms with van der Waals surface area (Å²) in [4.78, 5) is 13.9. The Morgan fingerprint density at radius 2 is 1.83 bits per heavy atom. The molecule has 2 aromatic carbocycles. The van der Waals surface area contributed by atoms with E-state index in [1.807, 2.05) is 6.07 Å². The van der Waals surface area contributed by atoms with E-state index in [1.165, 1.54) is 6.07 Å². The molecule has 23 heavy (non-hydrogen) atoms. The standard InChI is InChI=1S/C18H17F2NO2/c19-14-4-5-16(17(20)11-14)18(23)21-8-6-12(7-9-21)13-2-1-3-15(22)10-13/h1-5,10-12,22H,6-9H2. The number of carbonyl (C=O) groups is 1. The zero-order valence-corrected chi connectivity index (χ0v) is 12.5. The molecule has 1 amide bonds. The molecule has 3 rings (SSSR count). The second kappa shape index (κ2) is 6.36. The van der Waals surface area contributed by atoms with Crippen LogP contribution in [-0.4, -0.2) is 29.0 Å². The SMILES string of the molecule is O=C(c1ccc(F)cc1F)N1CCC(c2cccc(O)c2)CC1. The summed E-state index contributed by atoms with van der Waals surface area (Å²) in [6.07, 6.45) is 1.50. The summed E-state index contributed by atoms with van der Waals surface area (Å²) in [6, 6.07) is 10.1. The highest BCUT2D eigenvalue weighted by Crippen LogP contribution is 2.30. The van der Waals surface area contributed by atoms with Crippen molar-refractivity contribution in [1.82, 2.24) is 4.90 Å². The molecule has 1 aliphatic heterocycles. The summed E-state index contributed by atoms with van der Waals surface area (Å²) in [7, 11) is 0. The van der Waals surface area contributed by atoms with Crippen LogP contribution in [0.5, 0.6) is 5.75 Å². The minimum Gasteiger partial charge on any atom is -0.508 e. The number of phenols is 1. The molecule has 120 valence electrons. The molecule has 0 saturated carbocycles. The fourth-order valence-electron chi connectivity index (χ4n) is 3.03. The summed E-state index contributed by atoms with van der Waals surface area (Å²) in [6.45, 7) is 1.02.